The third-order valence-corrected chi connectivity index (χ3v) is 3.27. The van der Waals surface area contributed by atoms with Crippen LogP contribution in [0.1, 0.15) is 10.5 Å². The van der Waals surface area contributed by atoms with Crippen LogP contribution in [0.25, 0.3) is 10.9 Å². The molecule has 0 unspecified atom stereocenters. The molecule has 1 aromatic carbocycles. The first-order valence-corrected chi connectivity index (χ1v) is 6.21. The van der Waals surface area contributed by atoms with E-state index in [1.54, 1.807) is 6.07 Å². The number of aromatic nitrogens is 1. The van der Waals surface area contributed by atoms with E-state index in [0.717, 1.165) is 37.4 Å². The fourth-order valence-electron chi connectivity index (χ4n) is 2.25. The third kappa shape index (κ3) is 2.37. The lowest BCUT2D eigenvalue weighted by Crippen LogP contribution is -2.36. The molecule has 1 aliphatic rings. The molecule has 1 aromatic heterocycles. The zero-order valence-corrected chi connectivity index (χ0v) is 10.4. The largest absolute Gasteiger partial charge is 0.477 e. The Balaban J connectivity index is 1.97. The van der Waals surface area contributed by atoms with Gasteiger partial charge in [-0.25, -0.2) is 9.78 Å². The molecule has 98 valence electrons. The highest BCUT2D eigenvalue weighted by molar-refractivity contribution is 5.90. The highest BCUT2D eigenvalue weighted by atomic mass is 16.5. The van der Waals surface area contributed by atoms with E-state index in [1.165, 1.54) is 6.07 Å². The predicted octanol–water partition coefficient (Wildman–Crippen LogP) is 1.77. The molecule has 1 N–H and O–H groups in total. The zero-order valence-electron chi connectivity index (χ0n) is 10.4. The zero-order chi connectivity index (χ0) is 13.2. The number of morpholine rings is 1. The minimum Gasteiger partial charge on any atom is -0.477 e. The van der Waals surface area contributed by atoms with Crippen LogP contribution < -0.4 is 4.90 Å². The maximum absolute atomic E-state index is 10.9. The smallest absolute Gasteiger partial charge is 0.354 e. The molecule has 0 aliphatic carbocycles. The Kier molecular flexibility index (Phi) is 3.05. The summed E-state index contributed by atoms with van der Waals surface area (Å²) in [7, 11) is 0. The molecule has 5 heteroatoms. The Hall–Kier alpha value is -2.14. The summed E-state index contributed by atoms with van der Waals surface area (Å²) in [6.45, 7) is 3.25. The standard InChI is InChI=1S/C14H14N2O3/c17-14(18)13-3-1-10-9-11(2-4-12(10)15-13)16-5-7-19-8-6-16/h1-4,9H,5-8H2,(H,17,18). The number of aromatic carboxylic acids is 1. The molecule has 0 bridgehead atoms. The first kappa shape index (κ1) is 11.9. The van der Waals surface area contributed by atoms with E-state index in [-0.39, 0.29) is 5.69 Å². The number of carboxylic acid groups (broad SMARTS) is 1. The SMILES string of the molecule is O=C(O)c1ccc2cc(N3CCOCC3)ccc2n1. The summed E-state index contributed by atoms with van der Waals surface area (Å²) in [6, 6.07) is 9.22. The molecule has 5 nitrogen and oxygen atoms in total. The van der Waals surface area contributed by atoms with Crippen LogP contribution in [0.4, 0.5) is 5.69 Å². The quantitative estimate of drug-likeness (QED) is 0.889. The third-order valence-electron chi connectivity index (χ3n) is 3.27. The monoisotopic (exact) mass is 258 g/mol. The number of fused-ring (bicyclic) bond motifs is 1. The van der Waals surface area contributed by atoms with Gasteiger partial charge in [-0.15, -0.1) is 0 Å². The van der Waals surface area contributed by atoms with Crippen LogP contribution >= 0.6 is 0 Å². The molecule has 0 atom stereocenters. The number of benzene rings is 1. The van der Waals surface area contributed by atoms with E-state index >= 15 is 0 Å². The highest BCUT2D eigenvalue weighted by Gasteiger charge is 2.12. The number of hydrogen-bond donors (Lipinski definition) is 1. The van der Waals surface area contributed by atoms with E-state index in [4.69, 9.17) is 9.84 Å². The number of rotatable bonds is 2. The molecule has 19 heavy (non-hydrogen) atoms. The summed E-state index contributed by atoms with van der Waals surface area (Å²) in [5, 5.41) is 9.87. The maximum Gasteiger partial charge on any atom is 0.354 e. The number of hydrogen-bond acceptors (Lipinski definition) is 4. The van der Waals surface area contributed by atoms with Crippen molar-refractivity contribution < 1.29 is 14.6 Å². The van der Waals surface area contributed by atoms with Gasteiger partial charge in [-0.3, -0.25) is 0 Å². The molecule has 0 amide bonds. The van der Waals surface area contributed by atoms with Gasteiger partial charge in [0.2, 0.25) is 0 Å². The fourth-order valence-corrected chi connectivity index (χ4v) is 2.25. The van der Waals surface area contributed by atoms with Gasteiger partial charge in [0, 0.05) is 24.2 Å². The summed E-state index contributed by atoms with van der Waals surface area (Å²) in [5.41, 5.74) is 1.91. The molecule has 1 fully saturated rings. The van der Waals surface area contributed by atoms with Crippen LogP contribution in [0.15, 0.2) is 30.3 Å². The van der Waals surface area contributed by atoms with Gasteiger partial charge in [-0.1, -0.05) is 6.07 Å². The van der Waals surface area contributed by atoms with Crippen LogP contribution in [0.5, 0.6) is 0 Å². The van der Waals surface area contributed by atoms with Crippen molar-refractivity contribution in [1.29, 1.82) is 0 Å². The molecule has 1 aliphatic heterocycles. The predicted molar refractivity (Wildman–Crippen MR) is 71.7 cm³/mol. The Labute approximate surface area is 110 Å². The number of nitrogens with zero attached hydrogens (tertiary/aromatic N) is 2. The lowest BCUT2D eigenvalue weighted by Gasteiger charge is -2.29. The van der Waals surface area contributed by atoms with Crippen LogP contribution in [0, 0.1) is 0 Å². The summed E-state index contributed by atoms with van der Waals surface area (Å²) in [6.07, 6.45) is 0. The van der Waals surface area contributed by atoms with Crippen molar-refractivity contribution in [2.45, 2.75) is 0 Å². The molecule has 3 rings (SSSR count). The topological polar surface area (TPSA) is 62.7 Å². The average Bonchev–Trinajstić information content (AvgIpc) is 2.47. The van der Waals surface area contributed by atoms with Crippen molar-refractivity contribution in [2.75, 3.05) is 31.2 Å². The van der Waals surface area contributed by atoms with E-state index in [2.05, 4.69) is 9.88 Å². The molecule has 2 heterocycles. The summed E-state index contributed by atoms with van der Waals surface area (Å²) >= 11 is 0. The summed E-state index contributed by atoms with van der Waals surface area (Å²) in [5.74, 6) is -1.00. The van der Waals surface area contributed by atoms with Gasteiger partial charge in [-0.2, -0.15) is 0 Å². The van der Waals surface area contributed by atoms with E-state index in [0.29, 0.717) is 5.52 Å². The number of anilines is 1. The first-order valence-electron chi connectivity index (χ1n) is 6.21. The minimum atomic E-state index is -1.00. The normalized spacial score (nSPS) is 15.7. The Morgan fingerprint density at radius 1 is 1.21 bits per heavy atom. The van der Waals surface area contributed by atoms with Gasteiger partial charge in [0.15, 0.2) is 0 Å². The molecule has 1 saturated heterocycles. The van der Waals surface area contributed by atoms with Gasteiger partial charge in [0.05, 0.1) is 18.7 Å². The van der Waals surface area contributed by atoms with Crippen molar-refractivity contribution >= 4 is 22.6 Å². The summed E-state index contributed by atoms with van der Waals surface area (Å²) < 4.78 is 5.33. The minimum absolute atomic E-state index is 0.0756. The molecule has 0 radical (unpaired) electrons. The molecule has 0 saturated carbocycles. The Morgan fingerprint density at radius 3 is 2.74 bits per heavy atom. The second-order valence-electron chi connectivity index (χ2n) is 4.48. The highest BCUT2D eigenvalue weighted by Crippen LogP contribution is 2.22. The van der Waals surface area contributed by atoms with Crippen LogP contribution in [0.2, 0.25) is 0 Å². The average molecular weight is 258 g/mol. The number of pyridine rings is 1. The second kappa shape index (κ2) is 4.85. The summed E-state index contributed by atoms with van der Waals surface area (Å²) in [4.78, 5) is 17.3. The van der Waals surface area contributed by atoms with Crippen molar-refractivity contribution in [3.63, 3.8) is 0 Å². The maximum atomic E-state index is 10.9. The Bertz CT molecular complexity index is 621. The van der Waals surface area contributed by atoms with Crippen molar-refractivity contribution in [3.05, 3.63) is 36.0 Å². The van der Waals surface area contributed by atoms with Gasteiger partial charge in [-0.05, 0) is 24.3 Å². The van der Waals surface area contributed by atoms with Gasteiger partial charge in [0.25, 0.3) is 0 Å². The van der Waals surface area contributed by atoms with E-state index < -0.39 is 5.97 Å². The van der Waals surface area contributed by atoms with Gasteiger partial charge < -0.3 is 14.7 Å². The molecular weight excluding hydrogens is 244 g/mol. The first-order chi connectivity index (χ1) is 9.24. The molecule has 2 aromatic rings. The van der Waals surface area contributed by atoms with Crippen molar-refractivity contribution in [3.8, 4) is 0 Å². The molecular formula is C14H14N2O3. The van der Waals surface area contributed by atoms with E-state index in [1.807, 2.05) is 18.2 Å². The number of carboxylic acids is 1. The second-order valence-corrected chi connectivity index (χ2v) is 4.48. The Morgan fingerprint density at radius 2 is 2.00 bits per heavy atom. The van der Waals surface area contributed by atoms with Gasteiger partial charge in [0.1, 0.15) is 5.69 Å². The lowest BCUT2D eigenvalue weighted by molar-refractivity contribution is 0.0691. The van der Waals surface area contributed by atoms with Gasteiger partial charge >= 0.3 is 5.97 Å². The lowest BCUT2D eigenvalue weighted by atomic mass is 10.1. The fraction of sp³-hybridized carbons (Fsp3) is 0.286. The van der Waals surface area contributed by atoms with Crippen LogP contribution in [-0.4, -0.2) is 42.4 Å². The molecule has 0 spiro atoms. The van der Waals surface area contributed by atoms with Crippen LogP contribution in [-0.2, 0) is 4.74 Å². The van der Waals surface area contributed by atoms with E-state index in [9.17, 15) is 4.79 Å². The number of carbonyl (C=O) groups is 1. The number of ether oxygens (including phenoxy) is 1. The van der Waals surface area contributed by atoms with Crippen molar-refractivity contribution in [1.82, 2.24) is 4.98 Å². The van der Waals surface area contributed by atoms with Crippen LogP contribution in [0.3, 0.4) is 0 Å². The van der Waals surface area contributed by atoms with Crippen molar-refractivity contribution in [2.24, 2.45) is 0 Å².